The van der Waals surface area contributed by atoms with Gasteiger partial charge in [-0.15, -0.1) is 0 Å². The molecule has 1 aromatic heterocycles. The Hall–Kier alpha value is -2.22. The van der Waals surface area contributed by atoms with Gasteiger partial charge in [-0.3, -0.25) is 0 Å². The maximum atomic E-state index is 6.00. The van der Waals surface area contributed by atoms with Crippen LogP contribution < -0.4 is 4.74 Å². The van der Waals surface area contributed by atoms with Crippen LogP contribution in [-0.2, 0) is 6.42 Å². The lowest BCUT2D eigenvalue weighted by atomic mass is 10.0. The van der Waals surface area contributed by atoms with Gasteiger partial charge in [0.25, 0.3) is 0 Å². The Kier molecular flexibility index (Phi) is 1.97. The molecular weight excluding hydrogens is 224 g/mol. The van der Waals surface area contributed by atoms with E-state index in [0.29, 0.717) is 0 Å². The lowest BCUT2D eigenvalue weighted by Crippen LogP contribution is -2.01. The fourth-order valence-electron chi connectivity index (χ4n) is 2.60. The van der Waals surface area contributed by atoms with E-state index in [0.717, 1.165) is 28.7 Å². The summed E-state index contributed by atoms with van der Waals surface area (Å²) >= 11 is 0. The largest absolute Gasteiger partial charge is 0.485 e. The summed E-state index contributed by atoms with van der Waals surface area (Å²) in [7, 11) is 0. The molecule has 88 valence electrons. The third-order valence-corrected chi connectivity index (χ3v) is 3.50. The number of fused-ring (bicyclic) bond motifs is 2. The van der Waals surface area contributed by atoms with Crippen molar-refractivity contribution < 1.29 is 9.15 Å². The molecule has 0 fully saturated rings. The minimum Gasteiger partial charge on any atom is -0.485 e. The minimum absolute atomic E-state index is 0.0750. The van der Waals surface area contributed by atoms with Crippen molar-refractivity contribution in [2.75, 3.05) is 0 Å². The quantitative estimate of drug-likeness (QED) is 0.634. The van der Waals surface area contributed by atoms with Crippen LogP contribution in [0.15, 0.2) is 59.2 Å². The van der Waals surface area contributed by atoms with Crippen LogP contribution in [-0.4, -0.2) is 0 Å². The highest BCUT2D eigenvalue weighted by Crippen LogP contribution is 2.39. The average Bonchev–Trinajstić information content (AvgIpc) is 3.02. The third kappa shape index (κ3) is 1.35. The Morgan fingerprint density at radius 1 is 0.944 bits per heavy atom. The molecule has 1 atom stereocenters. The van der Waals surface area contributed by atoms with Gasteiger partial charge < -0.3 is 9.15 Å². The number of benzene rings is 2. The molecule has 2 heteroatoms. The van der Waals surface area contributed by atoms with Gasteiger partial charge in [0.05, 0.1) is 6.26 Å². The predicted octanol–water partition coefficient (Wildman–Crippen LogP) is 4.11. The molecule has 0 saturated heterocycles. The van der Waals surface area contributed by atoms with Crippen LogP contribution in [0.1, 0.15) is 17.2 Å². The van der Waals surface area contributed by atoms with Crippen molar-refractivity contribution in [1.29, 1.82) is 0 Å². The monoisotopic (exact) mass is 236 g/mol. The van der Waals surface area contributed by atoms with Gasteiger partial charge in [0.2, 0.25) is 0 Å². The van der Waals surface area contributed by atoms with Gasteiger partial charge in [0, 0.05) is 17.4 Å². The first kappa shape index (κ1) is 9.77. The van der Waals surface area contributed by atoms with E-state index >= 15 is 0 Å². The standard InChI is InChI=1S/C16H12O2/c1-3-7-14-11(5-1)9-16(18-14)13-10-17-15-8-4-2-6-12(13)15/h1-8,10,16H,9H2. The van der Waals surface area contributed by atoms with Gasteiger partial charge in [-0.1, -0.05) is 36.4 Å². The summed E-state index contributed by atoms with van der Waals surface area (Å²) in [5.41, 5.74) is 3.33. The molecule has 1 aliphatic rings. The van der Waals surface area contributed by atoms with Crippen molar-refractivity contribution in [1.82, 2.24) is 0 Å². The van der Waals surface area contributed by atoms with Crippen molar-refractivity contribution in [2.45, 2.75) is 12.5 Å². The number of furan rings is 1. The fourth-order valence-corrected chi connectivity index (χ4v) is 2.60. The molecule has 18 heavy (non-hydrogen) atoms. The summed E-state index contributed by atoms with van der Waals surface area (Å²) in [6.07, 6.45) is 2.81. The van der Waals surface area contributed by atoms with E-state index in [2.05, 4.69) is 18.2 Å². The molecule has 1 unspecified atom stereocenters. The molecule has 0 amide bonds. The molecule has 1 aliphatic heterocycles. The molecule has 4 rings (SSSR count). The van der Waals surface area contributed by atoms with Gasteiger partial charge >= 0.3 is 0 Å². The maximum Gasteiger partial charge on any atom is 0.134 e. The normalized spacial score (nSPS) is 17.7. The second-order valence-corrected chi connectivity index (χ2v) is 4.61. The lowest BCUT2D eigenvalue weighted by molar-refractivity contribution is 0.239. The summed E-state index contributed by atoms with van der Waals surface area (Å²) in [6.45, 7) is 0. The lowest BCUT2D eigenvalue weighted by Gasteiger charge is -2.08. The first-order chi connectivity index (χ1) is 8.92. The minimum atomic E-state index is 0.0750. The molecule has 0 bridgehead atoms. The van der Waals surface area contributed by atoms with Crippen LogP contribution in [0.5, 0.6) is 5.75 Å². The SMILES string of the molecule is c1ccc2c(c1)CC(c1coc3ccccc13)O2. The van der Waals surface area contributed by atoms with Crippen LogP contribution >= 0.6 is 0 Å². The van der Waals surface area contributed by atoms with Gasteiger partial charge in [0.15, 0.2) is 0 Å². The van der Waals surface area contributed by atoms with E-state index in [1.54, 1.807) is 0 Å². The Balaban J connectivity index is 1.78. The van der Waals surface area contributed by atoms with Crippen molar-refractivity contribution in [2.24, 2.45) is 0 Å². The van der Waals surface area contributed by atoms with E-state index < -0.39 is 0 Å². The van der Waals surface area contributed by atoms with Crippen LogP contribution in [0.4, 0.5) is 0 Å². The summed E-state index contributed by atoms with van der Waals surface area (Å²) in [6, 6.07) is 16.3. The Morgan fingerprint density at radius 3 is 2.72 bits per heavy atom. The number of hydrogen-bond acceptors (Lipinski definition) is 2. The maximum absolute atomic E-state index is 6.00. The molecular formula is C16H12O2. The Morgan fingerprint density at radius 2 is 1.78 bits per heavy atom. The molecule has 0 spiro atoms. The molecule has 0 saturated carbocycles. The first-order valence-electron chi connectivity index (χ1n) is 6.12. The molecule has 2 aromatic carbocycles. The van der Waals surface area contributed by atoms with Crippen LogP contribution in [0.3, 0.4) is 0 Å². The van der Waals surface area contributed by atoms with Crippen molar-refractivity contribution in [3.05, 3.63) is 65.9 Å². The number of hydrogen-bond donors (Lipinski definition) is 0. The molecule has 2 heterocycles. The van der Waals surface area contributed by atoms with Crippen LogP contribution in [0.25, 0.3) is 11.0 Å². The predicted molar refractivity (Wildman–Crippen MR) is 69.7 cm³/mol. The molecule has 0 aliphatic carbocycles. The fraction of sp³-hybridized carbons (Fsp3) is 0.125. The smallest absolute Gasteiger partial charge is 0.134 e. The van der Waals surface area contributed by atoms with E-state index in [4.69, 9.17) is 9.15 Å². The molecule has 3 aromatic rings. The Labute approximate surface area is 105 Å². The van der Waals surface area contributed by atoms with Crippen molar-refractivity contribution in [3.63, 3.8) is 0 Å². The first-order valence-corrected chi connectivity index (χ1v) is 6.12. The third-order valence-electron chi connectivity index (χ3n) is 3.50. The second kappa shape index (κ2) is 3.64. The molecule has 2 nitrogen and oxygen atoms in total. The van der Waals surface area contributed by atoms with Crippen molar-refractivity contribution >= 4 is 11.0 Å². The summed E-state index contributed by atoms with van der Waals surface area (Å²) < 4.78 is 11.6. The zero-order valence-electron chi connectivity index (χ0n) is 9.80. The Bertz CT molecular complexity index is 687. The summed E-state index contributed by atoms with van der Waals surface area (Å²) in [4.78, 5) is 0. The number of para-hydroxylation sites is 2. The second-order valence-electron chi connectivity index (χ2n) is 4.61. The highest BCUT2D eigenvalue weighted by molar-refractivity contribution is 5.81. The molecule has 0 radical (unpaired) electrons. The highest BCUT2D eigenvalue weighted by atomic mass is 16.5. The topological polar surface area (TPSA) is 22.4 Å². The van der Waals surface area contributed by atoms with E-state index in [1.165, 1.54) is 5.56 Å². The molecule has 0 N–H and O–H groups in total. The van der Waals surface area contributed by atoms with Crippen molar-refractivity contribution in [3.8, 4) is 5.75 Å². The zero-order valence-corrected chi connectivity index (χ0v) is 9.80. The number of ether oxygens (including phenoxy) is 1. The van der Waals surface area contributed by atoms with Gasteiger partial charge in [0.1, 0.15) is 17.4 Å². The van der Waals surface area contributed by atoms with Gasteiger partial charge in [-0.25, -0.2) is 0 Å². The van der Waals surface area contributed by atoms with E-state index in [1.807, 2.05) is 36.6 Å². The highest BCUT2D eigenvalue weighted by Gasteiger charge is 2.26. The van der Waals surface area contributed by atoms with Crippen LogP contribution in [0, 0.1) is 0 Å². The average molecular weight is 236 g/mol. The zero-order chi connectivity index (χ0) is 11.9. The van der Waals surface area contributed by atoms with Crippen LogP contribution in [0.2, 0.25) is 0 Å². The van der Waals surface area contributed by atoms with E-state index in [9.17, 15) is 0 Å². The van der Waals surface area contributed by atoms with Gasteiger partial charge in [-0.2, -0.15) is 0 Å². The number of rotatable bonds is 1. The summed E-state index contributed by atoms with van der Waals surface area (Å²) in [5.74, 6) is 0.993. The summed E-state index contributed by atoms with van der Waals surface area (Å²) in [5, 5.41) is 1.15. The van der Waals surface area contributed by atoms with Gasteiger partial charge in [-0.05, 0) is 17.7 Å². The van der Waals surface area contributed by atoms with E-state index in [-0.39, 0.29) is 6.10 Å².